The number of rotatable bonds is 5. The first-order chi connectivity index (χ1) is 16.4. The summed E-state index contributed by atoms with van der Waals surface area (Å²) in [5.74, 6) is -2.32. The maximum atomic E-state index is 13.6. The Hall–Kier alpha value is -4.64. The highest BCUT2D eigenvalue weighted by Gasteiger charge is 2.61. The van der Waals surface area contributed by atoms with Gasteiger partial charge in [-0.1, -0.05) is 30.3 Å². The Morgan fingerprint density at radius 1 is 0.735 bits per heavy atom. The lowest BCUT2D eigenvalue weighted by Gasteiger charge is -2.28. The second kappa shape index (κ2) is 8.05. The summed E-state index contributed by atoms with van der Waals surface area (Å²) in [4.78, 5) is 55.3. The van der Waals surface area contributed by atoms with Gasteiger partial charge in [0.1, 0.15) is 12.0 Å². The van der Waals surface area contributed by atoms with Crippen molar-refractivity contribution in [2.75, 3.05) is 9.96 Å². The van der Waals surface area contributed by atoms with Crippen LogP contribution < -0.4 is 9.96 Å². The zero-order valence-corrected chi connectivity index (χ0v) is 17.4. The molecule has 0 radical (unpaired) electrons. The molecule has 2 heterocycles. The van der Waals surface area contributed by atoms with E-state index in [1.807, 2.05) is 0 Å². The zero-order chi connectivity index (χ0) is 24.0. The lowest BCUT2D eigenvalue weighted by Crippen LogP contribution is -2.37. The van der Waals surface area contributed by atoms with Gasteiger partial charge in [-0.25, -0.2) is 9.96 Å². The molecular weight excluding hydrogens is 444 g/mol. The van der Waals surface area contributed by atoms with Crippen LogP contribution in [0.5, 0.6) is 0 Å². The molecule has 2 aliphatic rings. The monoisotopic (exact) mass is 460 g/mol. The van der Waals surface area contributed by atoms with Crippen molar-refractivity contribution in [2.45, 2.75) is 12.1 Å². The van der Waals surface area contributed by atoms with Gasteiger partial charge in [-0.3, -0.25) is 34.7 Å². The number of hydroxylamine groups is 1. The first-order valence-corrected chi connectivity index (χ1v) is 10.2. The number of hydrogen-bond acceptors (Lipinski definition) is 8. The van der Waals surface area contributed by atoms with E-state index < -0.39 is 39.7 Å². The standard InChI is InChI=1S/C23H16N4O7/c28-22-19-20(17-8-4-5-9-18(17)27(32)33)25(15-6-2-1-3-7-15)34-21(19)23(29)24(22)14-10-12-16(13-11-14)26(30)31/h1-13,19-21H/t19-,20-,21+/m1/s1. The van der Waals surface area contributed by atoms with Gasteiger partial charge < -0.3 is 0 Å². The van der Waals surface area contributed by atoms with E-state index in [0.717, 1.165) is 4.90 Å². The van der Waals surface area contributed by atoms with Crippen LogP contribution in [0.2, 0.25) is 0 Å². The molecule has 0 unspecified atom stereocenters. The Labute approximate surface area is 192 Å². The molecule has 0 aliphatic carbocycles. The number of carbonyl (C=O) groups excluding carboxylic acids is 2. The van der Waals surface area contributed by atoms with Crippen LogP contribution in [-0.4, -0.2) is 27.8 Å². The average Bonchev–Trinajstić information content (AvgIpc) is 3.35. The summed E-state index contributed by atoms with van der Waals surface area (Å²) < 4.78 is 0. The molecule has 11 heteroatoms. The number of benzene rings is 3. The summed E-state index contributed by atoms with van der Waals surface area (Å²) in [7, 11) is 0. The van der Waals surface area contributed by atoms with Crippen molar-refractivity contribution in [3.63, 3.8) is 0 Å². The van der Waals surface area contributed by atoms with Crippen molar-refractivity contribution in [2.24, 2.45) is 5.92 Å². The molecule has 170 valence electrons. The van der Waals surface area contributed by atoms with Crippen LogP contribution in [-0.2, 0) is 14.4 Å². The molecule has 3 aromatic rings. The van der Waals surface area contributed by atoms with Crippen LogP contribution in [0.15, 0.2) is 78.9 Å². The van der Waals surface area contributed by atoms with Crippen LogP contribution in [0.3, 0.4) is 0 Å². The van der Waals surface area contributed by atoms with Crippen LogP contribution in [0.25, 0.3) is 0 Å². The summed E-state index contributed by atoms with van der Waals surface area (Å²) >= 11 is 0. The molecule has 3 atom stereocenters. The van der Waals surface area contributed by atoms with Crippen LogP contribution >= 0.6 is 0 Å². The minimum atomic E-state index is -1.22. The number of amides is 2. The highest BCUT2D eigenvalue weighted by Crippen LogP contribution is 2.49. The number of nitro groups is 2. The van der Waals surface area contributed by atoms with Crippen molar-refractivity contribution >= 4 is 34.6 Å². The average molecular weight is 460 g/mol. The minimum Gasteiger partial charge on any atom is -0.273 e. The fourth-order valence-corrected chi connectivity index (χ4v) is 4.41. The van der Waals surface area contributed by atoms with Gasteiger partial charge in [0, 0.05) is 18.2 Å². The predicted octanol–water partition coefficient (Wildman–Crippen LogP) is 3.55. The topological polar surface area (TPSA) is 136 Å². The number of imide groups is 1. The third-order valence-corrected chi connectivity index (χ3v) is 5.90. The number of nitro benzene ring substituents is 2. The molecule has 2 saturated heterocycles. The number of hydrogen-bond donors (Lipinski definition) is 0. The molecule has 0 bridgehead atoms. The van der Waals surface area contributed by atoms with Gasteiger partial charge in [-0.05, 0) is 30.3 Å². The van der Waals surface area contributed by atoms with Gasteiger partial charge in [0.15, 0.2) is 6.10 Å². The van der Waals surface area contributed by atoms with E-state index >= 15 is 0 Å². The first kappa shape index (κ1) is 21.2. The molecule has 0 saturated carbocycles. The Balaban J connectivity index is 1.60. The molecule has 11 nitrogen and oxygen atoms in total. The fraction of sp³-hybridized carbons (Fsp3) is 0.130. The van der Waals surface area contributed by atoms with Gasteiger partial charge in [-0.15, -0.1) is 0 Å². The maximum absolute atomic E-state index is 13.6. The molecular formula is C23H16N4O7. The number of nitrogens with zero attached hydrogens (tertiary/aromatic N) is 4. The van der Waals surface area contributed by atoms with Crippen molar-refractivity contribution in [1.29, 1.82) is 0 Å². The normalized spacial score (nSPS) is 21.6. The molecule has 5 rings (SSSR count). The van der Waals surface area contributed by atoms with Crippen LogP contribution in [0.4, 0.5) is 22.7 Å². The van der Waals surface area contributed by atoms with Crippen LogP contribution in [0, 0.1) is 26.1 Å². The van der Waals surface area contributed by atoms with Crippen molar-refractivity contribution < 1.29 is 24.3 Å². The summed E-state index contributed by atoms with van der Waals surface area (Å²) in [6.45, 7) is 0. The Morgan fingerprint density at radius 3 is 2.03 bits per heavy atom. The second-order valence-corrected chi connectivity index (χ2v) is 7.76. The third kappa shape index (κ3) is 3.26. The largest absolute Gasteiger partial charge is 0.274 e. The Morgan fingerprint density at radius 2 is 1.38 bits per heavy atom. The van der Waals surface area contributed by atoms with Gasteiger partial charge in [-0.2, -0.15) is 0 Å². The summed E-state index contributed by atoms with van der Waals surface area (Å²) in [6.07, 6.45) is -1.22. The highest BCUT2D eigenvalue weighted by atomic mass is 16.7. The lowest BCUT2D eigenvalue weighted by molar-refractivity contribution is -0.385. The second-order valence-electron chi connectivity index (χ2n) is 7.76. The summed E-state index contributed by atoms with van der Waals surface area (Å²) in [5.41, 5.74) is 0.531. The number of anilines is 2. The summed E-state index contributed by atoms with van der Waals surface area (Å²) in [5, 5.41) is 24.1. The van der Waals surface area contributed by atoms with Gasteiger partial charge in [0.05, 0.1) is 26.8 Å². The van der Waals surface area contributed by atoms with Crippen LogP contribution in [0.1, 0.15) is 11.6 Å². The first-order valence-electron chi connectivity index (χ1n) is 10.2. The van der Waals surface area contributed by atoms with Gasteiger partial charge in [0.2, 0.25) is 5.91 Å². The predicted molar refractivity (Wildman–Crippen MR) is 119 cm³/mol. The smallest absolute Gasteiger partial charge is 0.273 e. The third-order valence-electron chi connectivity index (χ3n) is 5.90. The molecule has 3 aromatic carbocycles. The molecule has 2 amide bonds. The van der Waals surface area contributed by atoms with Crippen molar-refractivity contribution in [3.8, 4) is 0 Å². The van der Waals surface area contributed by atoms with E-state index in [4.69, 9.17) is 4.84 Å². The van der Waals surface area contributed by atoms with Crippen molar-refractivity contribution in [3.05, 3.63) is 105 Å². The molecule has 0 aromatic heterocycles. The molecule has 34 heavy (non-hydrogen) atoms. The van der Waals surface area contributed by atoms with Gasteiger partial charge in [0.25, 0.3) is 17.3 Å². The lowest BCUT2D eigenvalue weighted by atomic mass is 9.89. The molecule has 0 N–H and O–H groups in total. The van der Waals surface area contributed by atoms with Crippen molar-refractivity contribution in [1.82, 2.24) is 0 Å². The SMILES string of the molecule is O=C1[C@H]2[C@H](ON(c3ccccc3)[C@@H]2c2ccccc2[N+](=O)[O-])C(=O)N1c1ccc([N+](=O)[O-])cc1. The number of fused-ring (bicyclic) bond motifs is 1. The van der Waals surface area contributed by atoms with E-state index in [1.165, 1.54) is 47.5 Å². The Bertz CT molecular complexity index is 1310. The summed E-state index contributed by atoms with van der Waals surface area (Å²) in [6, 6.07) is 18.8. The van der Waals surface area contributed by atoms with E-state index in [-0.39, 0.29) is 22.6 Å². The van der Waals surface area contributed by atoms with E-state index in [1.54, 1.807) is 36.4 Å². The van der Waals surface area contributed by atoms with E-state index in [9.17, 15) is 29.8 Å². The Kier molecular flexibility index (Phi) is 5.02. The molecule has 2 aliphatic heterocycles. The molecule has 0 spiro atoms. The number of carbonyl (C=O) groups is 2. The number of para-hydroxylation sites is 2. The maximum Gasteiger partial charge on any atom is 0.274 e. The van der Waals surface area contributed by atoms with E-state index in [0.29, 0.717) is 5.69 Å². The number of non-ortho nitro benzene ring substituents is 1. The minimum absolute atomic E-state index is 0.158. The molecule has 2 fully saturated rings. The fourth-order valence-electron chi connectivity index (χ4n) is 4.41. The van der Waals surface area contributed by atoms with E-state index in [2.05, 4.69) is 0 Å². The quantitative estimate of drug-likeness (QED) is 0.320. The zero-order valence-electron chi connectivity index (χ0n) is 17.4. The highest BCUT2D eigenvalue weighted by molar-refractivity contribution is 6.24. The van der Waals surface area contributed by atoms with Gasteiger partial charge >= 0.3 is 0 Å².